The molecule has 98 valence electrons. The minimum Gasteiger partial charge on any atom is -0.378 e. The average molecular weight is 240 g/mol. The van der Waals surface area contributed by atoms with Crippen LogP contribution in [0.2, 0.25) is 0 Å². The molecule has 2 aliphatic heterocycles. The molecule has 0 spiro atoms. The Morgan fingerprint density at radius 3 is 2.88 bits per heavy atom. The Hall–Kier alpha value is -0.610. The molecule has 2 rings (SSSR count). The Balaban J connectivity index is 1.85. The highest BCUT2D eigenvalue weighted by molar-refractivity contribution is 5.83. The van der Waals surface area contributed by atoms with Crippen molar-refractivity contribution in [3.63, 3.8) is 0 Å². The second kappa shape index (κ2) is 5.36. The van der Waals surface area contributed by atoms with Gasteiger partial charge in [-0.25, -0.2) is 0 Å². The topological polar surface area (TPSA) is 41.6 Å². The summed E-state index contributed by atoms with van der Waals surface area (Å²) in [6.07, 6.45) is 2.32. The fourth-order valence-electron chi connectivity index (χ4n) is 2.71. The molecule has 1 amide bonds. The van der Waals surface area contributed by atoms with E-state index >= 15 is 0 Å². The third-order valence-corrected chi connectivity index (χ3v) is 3.83. The van der Waals surface area contributed by atoms with Crippen molar-refractivity contribution < 1.29 is 9.53 Å². The first-order chi connectivity index (χ1) is 8.08. The second-order valence-electron chi connectivity index (χ2n) is 5.73. The van der Waals surface area contributed by atoms with Crippen LogP contribution in [-0.4, -0.2) is 42.8 Å². The summed E-state index contributed by atoms with van der Waals surface area (Å²) in [5, 5.41) is 3.31. The first-order valence-corrected chi connectivity index (χ1v) is 6.71. The van der Waals surface area contributed by atoms with Gasteiger partial charge in [0.25, 0.3) is 0 Å². The maximum absolute atomic E-state index is 12.2. The van der Waals surface area contributed by atoms with Gasteiger partial charge in [-0.2, -0.15) is 0 Å². The first kappa shape index (κ1) is 12.8. The number of amides is 1. The maximum atomic E-state index is 12.2. The maximum Gasteiger partial charge on any atom is 0.240 e. The molecule has 0 aromatic rings. The average Bonchev–Trinajstić information content (AvgIpc) is 2.79. The van der Waals surface area contributed by atoms with Gasteiger partial charge in [0.2, 0.25) is 5.91 Å². The van der Waals surface area contributed by atoms with Crippen molar-refractivity contribution in [1.29, 1.82) is 0 Å². The van der Waals surface area contributed by atoms with Crippen LogP contribution < -0.4 is 5.32 Å². The molecule has 2 heterocycles. The smallest absolute Gasteiger partial charge is 0.240 e. The van der Waals surface area contributed by atoms with Gasteiger partial charge >= 0.3 is 0 Å². The fourth-order valence-corrected chi connectivity index (χ4v) is 2.71. The zero-order valence-corrected chi connectivity index (χ0v) is 11.1. The largest absolute Gasteiger partial charge is 0.378 e. The van der Waals surface area contributed by atoms with Crippen LogP contribution in [0.4, 0.5) is 0 Å². The summed E-state index contributed by atoms with van der Waals surface area (Å²) in [6, 6.07) is 0.0348. The molecule has 17 heavy (non-hydrogen) atoms. The minimum absolute atomic E-state index is 0.0348. The summed E-state index contributed by atoms with van der Waals surface area (Å²) in [7, 11) is 0. The summed E-state index contributed by atoms with van der Waals surface area (Å²) in [6.45, 7) is 8.82. The standard InChI is InChI=1S/C13H24N2O2/c1-9(2)6-12-13(16)15(8-14-12)7-11-4-5-17-10(11)3/h9-12,14H,4-8H2,1-3H3. The predicted octanol–water partition coefficient (Wildman–Crippen LogP) is 1.22. The number of rotatable bonds is 4. The van der Waals surface area contributed by atoms with Crippen molar-refractivity contribution in [1.82, 2.24) is 10.2 Å². The quantitative estimate of drug-likeness (QED) is 0.803. The Bertz CT molecular complexity index is 281. The molecular weight excluding hydrogens is 216 g/mol. The van der Waals surface area contributed by atoms with E-state index in [1.54, 1.807) is 0 Å². The lowest BCUT2D eigenvalue weighted by Gasteiger charge is -2.22. The highest BCUT2D eigenvalue weighted by Gasteiger charge is 2.35. The molecule has 0 aliphatic carbocycles. The van der Waals surface area contributed by atoms with Crippen molar-refractivity contribution in [2.24, 2.45) is 11.8 Å². The van der Waals surface area contributed by atoms with Crippen molar-refractivity contribution >= 4 is 5.91 Å². The first-order valence-electron chi connectivity index (χ1n) is 6.71. The van der Waals surface area contributed by atoms with Crippen molar-refractivity contribution in [3.05, 3.63) is 0 Å². The summed E-state index contributed by atoms with van der Waals surface area (Å²) in [5.74, 6) is 1.35. The van der Waals surface area contributed by atoms with Crippen LogP contribution in [0.3, 0.4) is 0 Å². The van der Waals surface area contributed by atoms with Crippen LogP contribution in [0, 0.1) is 11.8 Å². The van der Waals surface area contributed by atoms with E-state index in [0.717, 1.165) is 26.0 Å². The van der Waals surface area contributed by atoms with E-state index in [0.29, 0.717) is 24.6 Å². The Kier molecular flexibility index (Phi) is 4.05. The third kappa shape index (κ3) is 2.99. The van der Waals surface area contributed by atoms with Gasteiger partial charge in [0.1, 0.15) is 0 Å². The number of carbonyl (C=O) groups is 1. The van der Waals surface area contributed by atoms with Crippen LogP contribution in [0.5, 0.6) is 0 Å². The van der Waals surface area contributed by atoms with Crippen molar-refractivity contribution in [2.45, 2.75) is 45.8 Å². The molecule has 3 unspecified atom stereocenters. The number of ether oxygens (including phenoxy) is 1. The molecule has 3 atom stereocenters. The summed E-state index contributed by atoms with van der Waals surface area (Å²) < 4.78 is 5.54. The van der Waals surface area contributed by atoms with Gasteiger partial charge in [-0.15, -0.1) is 0 Å². The van der Waals surface area contributed by atoms with Crippen LogP contribution in [0.25, 0.3) is 0 Å². The fraction of sp³-hybridized carbons (Fsp3) is 0.923. The summed E-state index contributed by atoms with van der Waals surface area (Å²) >= 11 is 0. The number of nitrogens with one attached hydrogen (secondary N) is 1. The zero-order valence-electron chi connectivity index (χ0n) is 11.1. The normalized spacial score (nSPS) is 34.0. The van der Waals surface area contributed by atoms with E-state index in [4.69, 9.17) is 4.74 Å². The molecule has 0 radical (unpaired) electrons. The minimum atomic E-state index is 0.0348. The molecule has 0 aromatic carbocycles. The monoisotopic (exact) mass is 240 g/mol. The SMILES string of the molecule is CC(C)CC1NCN(CC2CCOC2C)C1=O. The zero-order chi connectivity index (χ0) is 12.4. The van der Waals surface area contributed by atoms with Crippen LogP contribution in [0.15, 0.2) is 0 Å². The molecule has 2 aliphatic rings. The van der Waals surface area contributed by atoms with Crippen LogP contribution in [-0.2, 0) is 9.53 Å². The van der Waals surface area contributed by atoms with E-state index in [1.165, 1.54) is 0 Å². The van der Waals surface area contributed by atoms with Gasteiger partial charge in [0, 0.05) is 19.1 Å². The Labute approximate surface area is 104 Å². The number of hydrogen-bond donors (Lipinski definition) is 1. The number of carbonyl (C=O) groups excluding carboxylic acids is 1. The van der Waals surface area contributed by atoms with E-state index < -0.39 is 0 Å². The highest BCUT2D eigenvalue weighted by Crippen LogP contribution is 2.23. The molecular formula is C13H24N2O2. The van der Waals surface area contributed by atoms with Gasteiger partial charge in [0.15, 0.2) is 0 Å². The van der Waals surface area contributed by atoms with E-state index in [2.05, 4.69) is 26.1 Å². The van der Waals surface area contributed by atoms with E-state index in [-0.39, 0.29) is 11.9 Å². The number of nitrogens with zero attached hydrogens (tertiary/aromatic N) is 1. The summed E-state index contributed by atoms with van der Waals surface area (Å²) in [5.41, 5.74) is 0. The lowest BCUT2D eigenvalue weighted by atomic mass is 10.0. The molecule has 4 nitrogen and oxygen atoms in total. The van der Waals surface area contributed by atoms with Gasteiger partial charge in [-0.1, -0.05) is 13.8 Å². The molecule has 4 heteroatoms. The molecule has 0 bridgehead atoms. The Morgan fingerprint density at radius 1 is 1.53 bits per heavy atom. The van der Waals surface area contributed by atoms with Gasteiger partial charge in [0.05, 0.1) is 18.8 Å². The molecule has 2 fully saturated rings. The lowest BCUT2D eigenvalue weighted by molar-refractivity contribution is -0.129. The van der Waals surface area contributed by atoms with Crippen molar-refractivity contribution in [3.8, 4) is 0 Å². The van der Waals surface area contributed by atoms with Gasteiger partial charge in [-0.05, 0) is 25.7 Å². The molecule has 0 saturated carbocycles. The third-order valence-electron chi connectivity index (χ3n) is 3.83. The van der Waals surface area contributed by atoms with Crippen LogP contribution in [0.1, 0.15) is 33.6 Å². The molecule has 2 saturated heterocycles. The Morgan fingerprint density at radius 2 is 2.29 bits per heavy atom. The summed E-state index contributed by atoms with van der Waals surface area (Å²) in [4.78, 5) is 14.1. The highest BCUT2D eigenvalue weighted by atomic mass is 16.5. The van der Waals surface area contributed by atoms with Crippen LogP contribution >= 0.6 is 0 Å². The molecule has 1 N–H and O–H groups in total. The van der Waals surface area contributed by atoms with E-state index in [9.17, 15) is 4.79 Å². The van der Waals surface area contributed by atoms with Crippen molar-refractivity contribution in [2.75, 3.05) is 19.8 Å². The van der Waals surface area contributed by atoms with Gasteiger partial charge in [-0.3, -0.25) is 10.1 Å². The number of hydrogen-bond acceptors (Lipinski definition) is 3. The van der Waals surface area contributed by atoms with E-state index in [1.807, 2.05) is 4.90 Å². The van der Waals surface area contributed by atoms with Gasteiger partial charge < -0.3 is 9.64 Å². The second-order valence-corrected chi connectivity index (χ2v) is 5.73. The predicted molar refractivity (Wildman–Crippen MR) is 66.5 cm³/mol. The lowest BCUT2D eigenvalue weighted by Crippen LogP contribution is -2.36. The molecule has 0 aromatic heterocycles.